The van der Waals surface area contributed by atoms with Crippen molar-refractivity contribution in [3.8, 4) is 17.1 Å². The van der Waals surface area contributed by atoms with E-state index < -0.39 is 0 Å². The van der Waals surface area contributed by atoms with Gasteiger partial charge in [-0.05, 0) is 62.2 Å². The molecule has 1 saturated carbocycles. The lowest BCUT2D eigenvalue weighted by Gasteiger charge is -2.12. The van der Waals surface area contributed by atoms with Crippen molar-refractivity contribution in [2.45, 2.75) is 25.3 Å². The van der Waals surface area contributed by atoms with E-state index in [-0.39, 0.29) is 0 Å². The average Bonchev–Trinajstić information content (AvgIpc) is 3.44. The first kappa shape index (κ1) is 18.0. The number of nitrogens with zero attached hydrogens (tertiary/aromatic N) is 2. The van der Waals surface area contributed by atoms with Crippen LogP contribution in [0.1, 0.15) is 24.3 Å². The van der Waals surface area contributed by atoms with Crippen molar-refractivity contribution in [3.63, 3.8) is 0 Å². The van der Waals surface area contributed by atoms with Gasteiger partial charge in [0.1, 0.15) is 22.6 Å². The molecule has 0 bridgehead atoms. The van der Waals surface area contributed by atoms with Crippen LogP contribution in [0.2, 0.25) is 0 Å². The lowest BCUT2D eigenvalue weighted by atomic mass is 10.1. The fraction of sp³-hybridized carbons (Fsp3) is 0.350. The highest BCUT2D eigenvalue weighted by Gasteiger charge is 2.24. The van der Waals surface area contributed by atoms with Crippen LogP contribution in [-0.2, 0) is 11.3 Å². The number of aromatic nitrogens is 2. The maximum Gasteiger partial charge on any atom is 0.146 e. The lowest BCUT2D eigenvalue weighted by Crippen LogP contribution is -2.06. The first-order chi connectivity index (χ1) is 12.6. The molecule has 1 aromatic heterocycles. The molecule has 1 heterocycles. The van der Waals surface area contributed by atoms with E-state index in [4.69, 9.17) is 14.5 Å². The van der Waals surface area contributed by atoms with Crippen LogP contribution in [-0.4, -0.2) is 30.4 Å². The molecule has 1 aliphatic rings. The predicted octanol–water partition coefficient (Wildman–Crippen LogP) is 5.76. The highest BCUT2D eigenvalue weighted by atomic mass is 79.9. The summed E-state index contributed by atoms with van der Waals surface area (Å²) in [5.74, 6) is 2.47. The van der Waals surface area contributed by atoms with Gasteiger partial charge < -0.3 is 14.0 Å². The standard InChI is InChI=1S/C20H20Br2N2O2/c1-25-10-9-24-19-16(26-2)11-15(21)17(22)18(19)23-20(24)14-7-5-13(6-8-14)12-3-4-12/h5-8,11-12H,3-4,9-10H2,1-2H3. The molecule has 0 saturated heterocycles. The Balaban J connectivity index is 1.90. The van der Waals surface area contributed by atoms with Gasteiger partial charge in [-0.2, -0.15) is 0 Å². The van der Waals surface area contributed by atoms with Gasteiger partial charge in [-0.15, -0.1) is 0 Å². The Morgan fingerprint density at radius 2 is 1.88 bits per heavy atom. The van der Waals surface area contributed by atoms with E-state index in [1.54, 1.807) is 14.2 Å². The first-order valence-corrected chi connectivity index (χ1v) is 10.2. The SMILES string of the molecule is COCCn1c(-c2ccc(C3CC3)cc2)nc2c(Br)c(Br)cc(OC)c21. The summed E-state index contributed by atoms with van der Waals surface area (Å²) in [6.07, 6.45) is 2.62. The molecule has 0 unspecified atom stereocenters. The van der Waals surface area contributed by atoms with Gasteiger partial charge in [0, 0.05) is 23.7 Å². The molecule has 26 heavy (non-hydrogen) atoms. The average molecular weight is 480 g/mol. The smallest absolute Gasteiger partial charge is 0.146 e. The number of rotatable bonds is 6. The van der Waals surface area contributed by atoms with E-state index >= 15 is 0 Å². The molecule has 0 spiro atoms. The zero-order chi connectivity index (χ0) is 18.3. The molecule has 0 amide bonds. The maximum atomic E-state index is 5.64. The van der Waals surface area contributed by atoms with E-state index in [2.05, 4.69) is 60.7 Å². The topological polar surface area (TPSA) is 36.3 Å². The maximum absolute atomic E-state index is 5.64. The minimum Gasteiger partial charge on any atom is -0.494 e. The van der Waals surface area contributed by atoms with E-state index in [0.29, 0.717) is 13.2 Å². The summed E-state index contributed by atoms with van der Waals surface area (Å²) < 4.78 is 15.0. The van der Waals surface area contributed by atoms with Gasteiger partial charge in [-0.1, -0.05) is 24.3 Å². The fourth-order valence-electron chi connectivity index (χ4n) is 3.31. The van der Waals surface area contributed by atoms with Crippen molar-refractivity contribution >= 4 is 42.9 Å². The second kappa shape index (κ2) is 7.33. The Hall–Kier alpha value is -1.37. The van der Waals surface area contributed by atoms with Crippen molar-refractivity contribution in [3.05, 3.63) is 44.8 Å². The second-order valence-electron chi connectivity index (χ2n) is 6.55. The number of hydrogen-bond acceptors (Lipinski definition) is 3. The Labute approximate surface area is 169 Å². The minimum atomic E-state index is 0.607. The van der Waals surface area contributed by atoms with Crippen LogP contribution in [0.15, 0.2) is 39.3 Å². The molecular formula is C20H20Br2N2O2. The number of imidazole rings is 1. The summed E-state index contributed by atoms with van der Waals surface area (Å²) in [4.78, 5) is 4.95. The third-order valence-electron chi connectivity index (χ3n) is 4.83. The normalized spacial score (nSPS) is 14.2. The van der Waals surface area contributed by atoms with E-state index in [1.165, 1.54) is 18.4 Å². The summed E-state index contributed by atoms with van der Waals surface area (Å²) in [6, 6.07) is 10.8. The number of ether oxygens (including phenoxy) is 2. The Kier molecular flexibility index (Phi) is 5.08. The number of fused-ring (bicyclic) bond motifs is 1. The zero-order valence-corrected chi connectivity index (χ0v) is 17.9. The quantitative estimate of drug-likeness (QED) is 0.450. The molecule has 6 heteroatoms. The third kappa shape index (κ3) is 3.19. The lowest BCUT2D eigenvalue weighted by molar-refractivity contribution is 0.188. The second-order valence-corrected chi connectivity index (χ2v) is 8.20. The Bertz CT molecular complexity index is 947. The molecule has 1 fully saturated rings. The summed E-state index contributed by atoms with van der Waals surface area (Å²) in [6.45, 7) is 1.31. The van der Waals surface area contributed by atoms with Gasteiger partial charge in [-0.25, -0.2) is 4.98 Å². The number of methoxy groups -OCH3 is 2. The van der Waals surface area contributed by atoms with Crippen LogP contribution in [0.25, 0.3) is 22.4 Å². The highest BCUT2D eigenvalue weighted by Crippen LogP contribution is 2.42. The predicted molar refractivity (Wildman–Crippen MR) is 111 cm³/mol. The summed E-state index contributed by atoms with van der Waals surface area (Å²) in [7, 11) is 3.40. The van der Waals surface area contributed by atoms with Crippen molar-refractivity contribution in [1.29, 1.82) is 0 Å². The van der Waals surface area contributed by atoms with Crippen LogP contribution in [0, 0.1) is 0 Å². The van der Waals surface area contributed by atoms with Gasteiger partial charge >= 0.3 is 0 Å². The number of halogens is 2. The largest absolute Gasteiger partial charge is 0.494 e. The first-order valence-electron chi connectivity index (χ1n) is 8.65. The molecular weight excluding hydrogens is 460 g/mol. The molecule has 0 atom stereocenters. The molecule has 0 N–H and O–H groups in total. The number of hydrogen-bond donors (Lipinski definition) is 0. The molecule has 0 radical (unpaired) electrons. The zero-order valence-electron chi connectivity index (χ0n) is 14.8. The van der Waals surface area contributed by atoms with Crippen LogP contribution in [0.5, 0.6) is 5.75 Å². The van der Waals surface area contributed by atoms with Gasteiger partial charge in [0.15, 0.2) is 0 Å². The van der Waals surface area contributed by atoms with E-state index in [9.17, 15) is 0 Å². The van der Waals surface area contributed by atoms with Gasteiger partial charge in [0.2, 0.25) is 0 Å². The van der Waals surface area contributed by atoms with Gasteiger partial charge in [0.05, 0.1) is 18.2 Å². The molecule has 4 nitrogen and oxygen atoms in total. The van der Waals surface area contributed by atoms with Crippen molar-refractivity contribution in [2.24, 2.45) is 0 Å². The molecule has 3 aromatic rings. The monoisotopic (exact) mass is 478 g/mol. The van der Waals surface area contributed by atoms with Crippen molar-refractivity contribution in [1.82, 2.24) is 9.55 Å². The van der Waals surface area contributed by atoms with Crippen LogP contribution in [0.4, 0.5) is 0 Å². The molecule has 0 aliphatic heterocycles. The van der Waals surface area contributed by atoms with E-state index in [1.807, 2.05) is 6.07 Å². The molecule has 1 aliphatic carbocycles. The molecule has 4 rings (SSSR count). The summed E-state index contributed by atoms with van der Waals surface area (Å²) >= 11 is 7.24. The van der Waals surface area contributed by atoms with Gasteiger partial charge in [0.25, 0.3) is 0 Å². The van der Waals surface area contributed by atoms with Crippen LogP contribution in [0.3, 0.4) is 0 Å². The summed E-state index contributed by atoms with van der Waals surface area (Å²) in [5.41, 5.74) is 4.39. The molecule has 136 valence electrons. The Morgan fingerprint density at radius 1 is 1.15 bits per heavy atom. The highest BCUT2D eigenvalue weighted by molar-refractivity contribution is 9.13. The fourth-order valence-corrected chi connectivity index (χ4v) is 4.10. The third-order valence-corrected chi connectivity index (χ3v) is 6.79. The van der Waals surface area contributed by atoms with Crippen molar-refractivity contribution < 1.29 is 9.47 Å². The van der Waals surface area contributed by atoms with Crippen LogP contribution < -0.4 is 4.74 Å². The minimum absolute atomic E-state index is 0.607. The van der Waals surface area contributed by atoms with Gasteiger partial charge in [-0.3, -0.25) is 0 Å². The van der Waals surface area contributed by atoms with Crippen LogP contribution >= 0.6 is 31.9 Å². The van der Waals surface area contributed by atoms with Crippen molar-refractivity contribution in [2.75, 3.05) is 20.8 Å². The Morgan fingerprint density at radius 3 is 2.50 bits per heavy atom. The summed E-state index contributed by atoms with van der Waals surface area (Å²) in [5, 5.41) is 0. The molecule has 2 aromatic carbocycles. The number of benzene rings is 2. The van der Waals surface area contributed by atoms with E-state index in [0.717, 1.165) is 43.0 Å².